The number of oxime groups is 1. The monoisotopic (exact) mass is 271 g/mol. The van der Waals surface area contributed by atoms with Gasteiger partial charge in [-0.05, 0) is 23.3 Å². The summed E-state index contributed by atoms with van der Waals surface area (Å²) in [6, 6.07) is 16.8. The molecule has 0 heterocycles. The molecule has 2 rings (SSSR count). The van der Waals surface area contributed by atoms with Crippen molar-refractivity contribution in [1.29, 1.82) is 0 Å². The van der Waals surface area contributed by atoms with E-state index < -0.39 is 6.10 Å². The van der Waals surface area contributed by atoms with Gasteiger partial charge < -0.3 is 14.7 Å². The number of aliphatic hydroxyl groups is 1. The maximum absolute atomic E-state index is 9.88. The van der Waals surface area contributed by atoms with Crippen molar-refractivity contribution in [2.45, 2.75) is 6.10 Å². The average molecular weight is 271 g/mol. The molecule has 0 bridgehead atoms. The van der Waals surface area contributed by atoms with Crippen LogP contribution < -0.4 is 4.74 Å². The third-order valence-electron chi connectivity index (χ3n) is 2.79. The fourth-order valence-corrected chi connectivity index (χ4v) is 1.70. The molecule has 104 valence electrons. The minimum Gasteiger partial charge on any atom is -0.497 e. The Morgan fingerprint density at radius 1 is 1.15 bits per heavy atom. The molecular weight excluding hydrogens is 254 g/mol. The molecule has 1 N–H and O–H groups in total. The topological polar surface area (TPSA) is 51.0 Å². The lowest BCUT2D eigenvalue weighted by Gasteiger charge is -2.08. The molecule has 2 aromatic rings. The van der Waals surface area contributed by atoms with Gasteiger partial charge >= 0.3 is 0 Å². The lowest BCUT2D eigenvalue weighted by Crippen LogP contribution is -2.04. The first-order valence-electron chi connectivity index (χ1n) is 6.32. The number of hydrogen-bond donors (Lipinski definition) is 1. The third kappa shape index (κ3) is 4.10. The van der Waals surface area contributed by atoms with Crippen LogP contribution in [-0.2, 0) is 4.84 Å². The number of nitrogens with zero attached hydrogens (tertiary/aromatic N) is 1. The van der Waals surface area contributed by atoms with Crippen LogP contribution in [0.25, 0.3) is 0 Å². The minimum absolute atomic E-state index is 0.116. The number of hydrogen-bond acceptors (Lipinski definition) is 4. The van der Waals surface area contributed by atoms with E-state index in [0.29, 0.717) is 0 Å². The highest BCUT2D eigenvalue weighted by atomic mass is 16.6. The zero-order valence-electron chi connectivity index (χ0n) is 11.3. The van der Waals surface area contributed by atoms with Crippen LogP contribution in [0.1, 0.15) is 17.2 Å². The smallest absolute Gasteiger partial charge is 0.147 e. The molecule has 0 aliphatic rings. The molecule has 0 radical (unpaired) electrons. The molecule has 0 aromatic heterocycles. The molecule has 0 saturated heterocycles. The standard InChI is InChI=1S/C16H17NO3/c1-19-15-9-5-6-13(10-15)11-17-20-12-16(18)14-7-3-2-4-8-14/h2-11,16,18H,12H2,1H3/b17-11+/t16-/m0/s1. The Kier molecular flexibility index (Phi) is 5.15. The van der Waals surface area contributed by atoms with E-state index in [1.54, 1.807) is 13.3 Å². The second-order valence-electron chi connectivity index (χ2n) is 4.23. The molecule has 4 nitrogen and oxygen atoms in total. The molecule has 0 aliphatic heterocycles. The Morgan fingerprint density at radius 2 is 1.95 bits per heavy atom. The van der Waals surface area contributed by atoms with Crippen molar-refractivity contribution in [2.24, 2.45) is 5.16 Å². The molecule has 0 unspecified atom stereocenters. The van der Waals surface area contributed by atoms with Crippen molar-refractivity contribution in [3.05, 3.63) is 65.7 Å². The van der Waals surface area contributed by atoms with Gasteiger partial charge in [0.15, 0.2) is 0 Å². The van der Waals surface area contributed by atoms with Crippen LogP contribution in [0.3, 0.4) is 0 Å². The molecule has 4 heteroatoms. The Bertz CT molecular complexity index is 555. The Hall–Kier alpha value is -2.33. The number of methoxy groups -OCH3 is 1. The van der Waals surface area contributed by atoms with Crippen LogP contribution in [-0.4, -0.2) is 25.0 Å². The first-order valence-corrected chi connectivity index (χ1v) is 6.32. The summed E-state index contributed by atoms with van der Waals surface area (Å²) in [5.74, 6) is 0.762. The summed E-state index contributed by atoms with van der Waals surface area (Å²) in [7, 11) is 1.61. The normalized spacial score (nSPS) is 12.3. The predicted octanol–water partition coefficient (Wildman–Crippen LogP) is 2.78. The average Bonchev–Trinajstić information content (AvgIpc) is 2.52. The fraction of sp³-hybridized carbons (Fsp3) is 0.188. The summed E-state index contributed by atoms with van der Waals surface area (Å²) in [6.07, 6.45) is 0.902. The molecule has 0 spiro atoms. The van der Waals surface area contributed by atoms with Crippen molar-refractivity contribution in [3.8, 4) is 5.75 Å². The molecule has 1 atom stereocenters. The maximum Gasteiger partial charge on any atom is 0.147 e. The van der Waals surface area contributed by atoms with E-state index in [0.717, 1.165) is 16.9 Å². The molecule has 0 saturated carbocycles. The van der Waals surface area contributed by atoms with Gasteiger partial charge in [-0.1, -0.05) is 47.6 Å². The van der Waals surface area contributed by atoms with Gasteiger partial charge in [0.05, 0.1) is 13.3 Å². The Labute approximate surface area is 118 Å². The third-order valence-corrected chi connectivity index (χ3v) is 2.79. The maximum atomic E-state index is 9.88. The fourth-order valence-electron chi connectivity index (χ4n) is 1.70. The lowest BCUT2D eigenvalue weighted by molar-refractivity contribution is 0.0402. The van der Waals surface area contributed by atoms with Crippen molar-refractivity contribution >= 4 is 6.21 Å². The summed E-state index contributed by atoms with van der Waals surface area (Å²) in [6.45, 7) is 0.116. The van der Waals surface area contributed by atoms with Gasteiger partial charge in [0.1, 0.15) is 18.5 Å². The minimum atomic E-state index is -0.682. The van der Waals surface area contributed by atoms with Gasteiger partial charge in [0, 0.05) is 0 Å². The summed E-state index contributed by atoms with van der Waals surface area (Å²) < 4.78 is 5.11. The number of benzene rings is 2. The molecule has 0 fully saturated rings. The summed E-state index contributed by atoms with van der Waals surface area (Å²) in [4.78, 5) is 5.11. The van der Waals surface area contributed by atoms with Gasteiger partial charge in [0.2, 0.25) is 0 Å². The van der Waals surface area contributed by atoms with Gasteiger partial charge in [0.25, 0.3) is 0 Å². The van der Waals surface area contributed by atoms with Crippen LogP contribution in [0.2, 0.25) is 0 Å². The zero-order valence-corrected chi connectivity index (χ0v) is 11.3. The van der Waals surface area contributed by atoms with Crippen molar-refractivity contribution in [2.75, 3.05) is 13.7 Å². The number of rotatable bonds is 6. The van der Waals surface area contributed by atoms with Crippen LogP contribution in [0.15, 0.2) is 59.8 Å². The summed E-state index contributed by atoms with van der Waals surface area (Å²) in [5, 5.41) is 13.7. The van der Waals surface area contributed by atoms with Gasteiger partial charge in [-0.15, -0.1) is 0 Å². The number of ether oxygens (including phenoxy) is 1. The van der Waals surface area contributed by atoms with Gasteiger partial charge in [-0.3, -0.25) is 0 Å². The van der Waals surface area contributed by atoms with E-state index in [4.69, 9.17) is 9.57 Å². The second-order valence-corrected chi connectivity index (χ2v) is 4.23. The molecule has 0 aliphatic carbocycles. The summed E-state index contributed by atoms with van der Waals surface area (Å²) >= 11 is 0. The predicted molar refractivity (Wildman–Crippen MR) is 77.9 cm³/mol. The van der Waals surface area contributed by atoms with E-state index in [9.17, 15) is 5.11 Å². The quantitative estimate of drug-likeness (QED) is 0.649. The highest BCUT2D eigenvalue weighted by Gasteiger charge is 2.06. The van der Waals surface area contributed by atoms with Crippen LogP contribution in [0.5, 0.6) is 5.75 Å². The van der Waals surface area contributed by atoms with E-state index in [1.807, 2.05) is 54.6 Å². The van der Waals surface area contributed by atoms with Crippen LogP contribution in [0, 0.1) is 0 Å². The summed E-state index contributed by atoms with van der Waals surface area (Å²) in [5.41, 5.74) is 1.68. The molecule has 0 amide bonds. The first-order chi connectivity index (χ1) is 9.79. The van der Waals surface area contributed by atoms with Crippen molar-refractivity contribution < 1.29 is 14.7 Å². The SMILES string of the molecule is COc1cccc(/C=N/OC[C@H](O)c2ccccc2)c1. The van der Waals surface area contributed by atoms with E-state index >= 15 is 0 Å². The largest absolute Gasteiger partial charge is 0.497 e. The van der Waals surface area contributed by atoms with Crippen molar-refractivity contribution in [1.82, 2.24) is 0 Å². The van der Waals surface area contributed by atoms with Crippen molar-refractivity contribution in [3.63, 3.8) is 0 Å². The Balaban J connectivity index is 1.84. The molecule has 20 heavy (non-hydrogen) atoms. The first kappa shape index (κ1) is 14.1. The van der Waals surface area contributed by atoms with E-state index in [1.165, 1.54) is 0 Å². The van der Waals surface area contributed by atoms with Crippen LogP contribution in [0.4, 0.5) is 0 Å². The lowest BCUT2D eigenvalue weighted by atomic mass is 10.1. The van der Waals surface area contributed by atoms with Crippen LogP contribution >= 0.6 is 0 Å². The Morgan fingerprint density at radius 3 is 2.70 bits per heavy atom. The zero-order chi connectivity index (χ0) is 14.2. The highest BCUT2D eigenvalue weighted by Crippen LogP contribution is 2.13. The second kappa shape index (κ2) is 7.31. The highest BCUT2D eigenvalue weighted by molar-refractivity contribution is 5.79. The van der Waals surface area contributed by atoms with Gasteiger partial charge in [-0.2, -0.15) is 0 Å². The molecular formula is C16H17NO3. The molecule has 2 aromatic carbocycles. The number of aliphatic hydroxyl groups excluding tert-OH is 1. The van der Waals surface area contributed by atoms with E-state index in [-0.39, 0.29) is 6.61 Å². The van der Waals surface area contributed by atoms with E-state index in [2.05, 4.69) is 5.16 Å². The van der Waals surface area contributed by atoms with Gasteiger partial charge in [-0.25, -0.2) is 0 Å².